The molecule has 0 aromatic carbocycles. The molecule has 0 aliphatic carbocycles. The Morgan fingerprint density at radius 3 is 1.43 bits per heavy atom. The second-order valence-electron chi connectivity index (χ2n) is 13.0. The molecule has 0 heterocycles. The van der Waals surface area contributed by atoms with Gasteiger partial charge in [-0.1, -0.05) is 177 Å². The van der Waals surface area contributed by atoms with Gasteiger partial charge in [0.15, 0.2) is 0 Å². The lowest BCUT2D eigenvalue weighted by atomic mass is 10.0. The SMILES string of the molecule is CC/C=C\C/C=C\C/C=C\C/C=C\C/C=C\CCCCCCCCCCCCCCCC(=O)NC(CO)C(O)CCCCCCC. The second-order valence-corrected chi connectivity index (χ2v) is 13.0. The van der Waals surface area contributed by atoms with Gasteiger partial charge in [-0.15, -0.1) is 0 Å². The third kappa shape index (κ3) is 33.5. The first-order valence-electron chi connectivity index (χ1n) is 19.5. The highest BCUT2D eigenvalue weighted by molar-refractivity contribution is 5.76. The summed E-state index contributed by atoms with van der Waals surface area (Å²) in [6.45, 7) is 4.15. The summed E-state index contributed by atoms with van der Waals surface area (Å²) >= 11 is 0. The molecule has 0 saturated heterocycles. The topological polar surface area (TPSA) is 69.6 Å². The predicted octanol–water partition coefficient (Wildman–Crippen LogP) is 11.8. The molecule has 1 amide bonds. The first-order chi connectivity index (χ1) is 22.7. The lowest BCUT2D eigenvalue weighted by molar-refractivity contribution is -0.123. The third-order valence-corrected chi connectivity index (χ3v) is 8.54. The summed E-state index contributed by atoms with van der Waals surface area (Å²) in [6.07, 6.45) is 51.8. The van der Waals surface area contributed by atoms with Crippen molar-refractivity contribution in [3.05, 3.63) is 60.8 Å². The lowest BCUT2D eigenvalue weighted by Gasteiger charge is -2.22. The second kappa shape index (κ2) is 37.5. The fourth-order valence-corrected chi connectivity index (χ4v) is 5.56. The van der Waals surface area contributed by atoms with Crippen molar-refractivity contribution in [1.29, 1.82) is 0 Å². The van der Waals surface area contributed by atoms with Crippen LogP contribution in [0.1, 0.15) is 181 Å². The molecule has 0 saturated carbocycles. The molecule has 0 fully saturated rings. The van der Waals surface area contributed by atoms with Crippen molar-refractivity contribution < 1.29 is 15.0 Å². The third-order valence-electron chi connectivity index (χ3n) is 8.54. The van der Waals surface area contributed by atoms with E-state index in [-0.39, 0.29) is 12.5 Å². The van der Waals surface area contributed by atoms with Crippen LogP contribution in [0.25, 0.3) is 0 Å². The number of nitrogens with one attached hydrogen (secondary N) is 1. The molecule has 2 unspecified atom stereocenters. The highest BCUT2D eigenvalue weighted by atomic mass is 16.3. The minimum Gasteiger partial charge on any atom is -0.394 e. The van der Waals surface area contributed by atoms with E-state index in [0.717, 1.165) is 57.8 Å². The molecule has 0 aliphatic heterocycles. The molecule has 0 spiro atoms. The van der Waals surface area contributed by atoms with Gasteiger partial charge in [0.1, 0.15) is 0 Å². The fraction of sp³-hybridized carbons (Fsp3) is 0.738. The number of allylic oxidation sites excluding steroid dienone is 10. The normalized spacial score (nSPS) is 13.7. The Hall–Kier alpha value is -1.91. The van der Waals surface area contributed by atoms with Gasteiger partial charge >= 0.3 is 0 Å². The van der Waals surface area contributed by atoms with E-state index in [1.54, 1.807) is 0 Å². The number of hydrogen-bond donors (Lipinski definition) is 3. The molecule has 46 heavy (non-hydrogen) atoms. The van der Waals surface area contributed by atoms with Gasteiger partial charge in [-0.25, -0.2) is 0 Å². The van der Waals surface area contributed by atoms with Gasteiger partial charge in [0, 0.05) is 6.42 Å². The van der Waals surface area contributed by atoms with Crippen LogP contribution in [0.15, 0.2) is 60.8 Å². The van der Waals surface area contributed by atoms with E-state index in [9.17, 15) is 15.0 Å². The molecule has 0 aromatic rings. The van der Waals surface area contributed by atoms with Crippen LogP contribution in [0.2, 0.25) is 0 Å². The Morgan fingerprint density at radius 1 is 0.543 bits per heavy atom. The average Bonchev–Trinajstić information content (AvgIpc) is 3.06. The predicted molar refractivity (Wildman–Crippen MR) is 202 cm³/mol. The molecule has 0 aromatic heterocycles. The summed E-state index contributed by atoms with van der Waals surface area (Å²) in [5.74, 6) is -0.0433. The summed E-state index contributed by atoms with van der Waals surface area (Å²) in [5.41, 5.74) is 0. The van der Waals surface area contributed by atoms with E-state index in [1.165, 1.54) is 96.3 Å². The molecular weight excluding hydrogens is 566 g/mol. The number of amides is 1. The smallest absolute Gasteiger partial charge is 0.220 e. The largest absolute Gasteiger partial charge is 0.394 e. The van der Waals surface area contributed by atoms with Crippen molar-refractivity contribution in [1.82, 2.24) is 5.32 Å². The van der Waals surface area contributed by atoms with E-state index >= 15 is 0 Å². The van der Waals surface area contributed by atoms with E-state index in [0.29, 0.717) is 12.8 Å². The molecule has 4 nitrogen and oxygen atoms in total. The summed E-state index contributed by atoms with van der Waals surface area (Å²) < 4.78 is 0. The summed E-state index contributed by atoms with van der Waals surface area (Å²) in [7, 11) is 0. The minimum atomic E-state index is -0.657. The van der Waals surface area contributed by atoms with Crippen LogP contribution in [-0.2, 0) is 4.79 Å². The van der Waals surface area contributed by atoms with Crippen molar-refractivity contribution >= 4 is 5.91 Å². The summed E-state index contributed by atoms with van der Waals surface area (Å²) in [5, 5.41) is 22.7. The molecule has 266 valence electrons. The van der Waals surface area contributed by atoms with Crippen LogP contribution in [-0.4, -0.2) is 34.9 Å². The number of hydrogen-bond acceptors (Lipinski definition) is 3. The van der Waals surface area contributed by atoms with Gasteiger partial charge < -0.3 is 15.5 Å². The van der Waals surface area contributed by atoms with E-state index in [1.807, 2.05) is 0 Å². The molecular formula is C42H75NO3. The zero-order chi connectivity index (χ0) is 33.6. The molecule has 2 atom stereocenters. The standard InChI is InChI=1S/C42H75NO3/c1-3-5-7-9-10-11-12-13-14-15-16-17-18-19-20-21-22-23-24-25-26-27-28-29-30-31-32-34-36-38-42(46)43-40(39-44)41(45)37-35-33-8-6-4-2/h5,7,10-11,13-14,16-17,19-20,40-41,44-45H,3-4,6,8-9,12,15,18,21-39H2,1-2H3,(H,43,46)/b7-5-,11-10-,14-13-,17-16-,20-19-. The average molecular weight is 642 g/mol. The minimum absolute atomic E-state index is 0.0433. The van der Waals surface area contributed by atoms with Crippen LogP contribution >= 0.6 is 0 Å². The Morgan fingerprint density at radius 2 is 0.957 bits per heavy atom. The number of carbonyl (C=O) groups is 1. The van der Waals surface area contributed by atoms with E-state index < -0.39 is 12.1 Å². The van der Waals surface area contributed by atoms with Gasteiger partial charge in [-0.05, 0) is 57.8 Å². The first kappa shape index (κ1) is 44.1. The number of rotatable bonds is 34. The van der Waals surface area contributed by atoms with Crippen LogP contribution in [0.3, 0.4) is 0 Å². The molecule has 3 N–H and O–H groups in total. The van der Waals surface area contributed by atoms with Gasteiger partial charge in [0.05, 0.1) is 18.8 Å². The molecule has 0 aliphatic rings. The Kier molecular flexibility index (Phi) is 36.0. The molecule has 0 radical (unpaired) electrons. The Balaban J connectivity index is 3.46. The summed E-state index contributed by atoms with van der Waals surface area (Å²) in [4.78, 5) is 12.2. The van der Waals surface area contributed by atoms with Crippen molar-refractivity contribution in [2.24, 2.45) is 0 Å². The van der Waals surface area contributed by atoms with Crippen molar-refractivity contribution in [3.63, 3.8) is 0 Å². The van der Waals surface area contributed by atoms with Crippen molar-refractivity contribution in [3.8, 4) is 0 Å². The van der Waals surface area contributed by atoms with E-state index in [2.05, 4.69) is 79.9 Å². The maximum Gasteiger partial charge on any atom is 0.220 e. The maximum atomic E-state index is 12.2. The van der Waals surface area contributed by atoms with Gasteiger partial charge in [-0.2, -0.15) is 0 Å². The zero-order valence-electron chi connectivity index (χ0n) is 30.3. The summed E-state index contributed by atoms with van der Waals surface area (Å²) in [6, 6.07) is -0.534. The highest BCUT2D eigenvalue weighted by Gasteiger charge is 2.19. The quantitative estimate of drug-likeness (QED) is 0.0483. The van der Waals surface area contributed by atoms with Crippen molar-refractivity contribution in [2.45, 2.75) is 193 Å². The Labute approximate surface area is 286 Å². The van der Waals surface area contributed by atoms with Gasteiger partial charge in [0.2, 0.25) is 5.91 Å². The van der Waals surface area contributed by atoms with E-state index in [4.69, 9.17) is 0 Å². The number of aliphatic hydroxyl groups is 2. The number of aliphatic hydroxyl groups excluding tert-OH is 2. The van der Waals surface area contributed by atoms with Crippen LogP contribution in [0, 0.1) is 0 Å². The van der Waals surface area contributed by atoms with Gasteiger partial charge in [-0.3, -0.25) is 4.79 Å². The van der Waals surface area contributed by atoms with Crippen molar-refractivity contribution in [2.75, 3.05) is 6.61 Å². The van der Waals surface area contributed by atoms with Crippen LogP contribution in [0.5, 0.6) is 0 Å². The monoisotopic (exact) mass is 642 g/mol. The molecule has 0 rings (SSSR count). The van der Waals surface area contributed by atoms with Gasteiger partial charge in [0.25, 0.3) is 0 Å². The lowest BCUT2D eigenvalue weighted by Crippen LogP contribution is -2.45. The molecule has 0 bridgehead atoms. The number of carbonyl (C=O) groups excluding carboxylic acids is 1. The number of unbranched alkanes of at least 4 members (excludes halogenated alkanes) is 17. The van der Waals surface area contributed by atoms with Crippen LogP contribution < -0.4 is 5.32 Å². The first-order valence-corrected chi connectivity index (χ1v) is 19.5. The zero-order valence-corrected chi connectivity index (χ0v) is 30.3. The van der Waals surface area contributed by atoms with Crippen LogP contribution in [0.4, 0.5) is 0 Å². The Bertz CT molecular complexity index is 782. The fourth-order valence-electron chi connectivity index (χ4n) is 5.56. The maximum absolute atomic E-state index is 12.2. The highest BCUT2D eigenvalue weighted by Crippen LogP contribution is 2.14. The molecule has 4 heteroatoms.